The van der Waals surface area contributed by atoms with Crippen LogP contribution in [-0.4, -0.2) is 24.7 Å². The van der Waals surface area contributed by atoms with Gasteiger partial charge >= 0.3 is 5.91 Å². The molecule has 6 heteroatoms. The van der Waals surface area contributed by atoms with Gasteiger partial charge in [0.25, 0.3) is 0 Å². The number of halogens is 1. The minimum Gasteiger partial charge on any atom is -0.451 e. The molecule has 1 aromatic heterocycles. The summed E-state index contributed by atoms with van der Waals surface area (Å²) in [5.74, 6) is 0.254. The first kappa shape index (κ1) is 20.5. The second-order valence-corrected chi connectivity index (χ2v) is 9.17. The van der Waals surface area contributed by atoms with E-state index in [1.165, 1.54) is 11.3 Å². The van der Waals surface area contributed by atoms with E-state index in [2.05, 4.69) is 62.3 Å². The van der Waals surface area contributed by atoms with E-state index in [-0.39, 0.29) is 11.3 Å². The van der Waals surface area contributed by atoms with Crippen LogP contribution in [0, 0.1) is 6.92 Å². The Bertz CT molecular complexity index is 1160. The zero-order chi connectivity index (χ0) is 21.6. The fraction of sp³-hybridized carbons (Fsp3) is 0.333. The molecule has 1 amide bonds. The van der Waals surface area contributed by atoms with Crippen LogP contribution in [0.4, 0.5) is 5.69 Å². The predicted molar refractivity (Wildman–Crippen MR) is 123 cm³/mol. The monoisotopic (exact) mass is 423 g/mol. The average molecular weight is 424 g/mol. The number of nitrogens with zero attached hydrogens (tertiary/aromatic N) is 2. The molecule has 3 aromatic rings. The lowest BCUT2D eigenvalue weighted by molar-refractivity contribution is 0.0929. The van der Waals surface area contributed by atoms with Crippen molar-refractivity contribution in [3.05, 3.63) is 63.9 Å². The summed E-state index contributed by atoms with van der Waals surface area (Å²) in [6, 6.07) is 11.3. The Morgan fingerprint density at radius 1 is 1.30 bits per heavy atom. The van der Waals surface area contributed by atoms with Crippen molar-refractivity contribution in [2.75, 3.05) is 11.9 Å². The second kappa shape index (κ2) is 7.47. The molecular weight excluding hydrogens is 398 g/mol. The van der Waals surface area contributed by atoms with Gasteiger partial charge in [0, 0.05) is 28.7 Å². The molecule has 1 aliphatic heterocycles. The number of benzene rings is 2. The van der Waals surface area contributed by atoms with Crippen LogP contribution in [-0.2, 0) is 0 Å². The van der Waals surface area contributed by atoms with Gasteiger partial charge in [-0.2, -0.15) is 5.10 Å². The Morgan fingerprint density at radius 2 is 2.07 bits per heavy atom. The maximum Gasteiger partial charge on any atom is 0.307 e. The van der Waals surface area contributed by atoms with Crippen LogP contribution >= 0.6 is 11.6 Å². The van der Waals surface area contributed by atoms with Gasteiger partial charge in [-0.1, -0.05) is 18.5 Å². The molecular formula is C24H26ClN3O2. The first-order chi connectivity index (χ1) is 14.2. The van der Waals surface area contributed by atoms with E-state index in [4.69, 9.17) is 16.0 Å². The molecule has 30 heavy (non-hydrogen) atoms. The first-order valence-electron chi connectivity index (χ1n) is 10.1. The molecule has 0 radical (unpaired) electrons. The van der Waals surface area contributed by atoms with Gasteiger partial charge in [0.2, 0.25) is 0 Å². The average Bonchev–Trinajstić information content (AvgIpc) is 3.10. The lowest BCUT2D eigenvalue weighted by Crippen LogP contribution is -2.45. The highest BCUT2D eigenvalue weighted by Gasteiger charge is 2.34. The quantitative estimate of drug-likeness (QED) is 0.422. The molecule has 0 saturated carbocycles. The number of hydrogen-bond acceptors (Lipinski definition) is 4. The second-order valence-electron chi connectivity index (χ2n) is 8.74. The lowest BCUT2D eigenvalue weighted by atomic mass is 9.79. The molecule has 1 atom stereocenters. The van der Waals surface area contributed by atoms with E-state index in [9.17, 15) is 4.79 Å². The molecule has 0 spiro atoms. The summed E-state index contributed by atoms with van der Waals surface area (Å²) in [7, 11) is 2.15. The zero-order valence-corrected chi connectivity index (χ0v) is 18.7. The number of fused-ring (bicyclic) bond motifs is 2. The van der Waals surface area contributed by atoms with Crippen molar-refractivity contribution in [3.8, 4) is 0 Å². The molecule has 0 bridgehead atoms. The van der Waals surface area contributed by atoms with Crippen LogP contribution in [0.3, 0.4) is 0 Å². The maximum atomic E-state index is 12.4. The summed E-state index contributed by atoms with van der Waals surface area (Å²) in [4.78, 5) is 14.8. The molecule has 1 N–H and O–H groups in total. The Labute approximate surface area is 181 Å². The number of nitrogens with one attached hydrogen (secondary N) is 1. The molecule has 2 aromatic carbocycles. The molecule has 1 unspecified atom stereocenters. The number of carbonyl (C=O) groups excluding carboxylic acids is 1. The van der Waals surface area contributed by atoms with Crippen LogP contribution in [0.5, 0.6) is 0 Å². The molecule has 1 aliphatic rings. The van der Waals surface area contributed by atoms with Gasteiger partial charge < -0.3 is 9.32 Å². The van der Waals surface area contributed by atoms with Crippen molar-refractivity contribution >= 4 is 40.4 Å². The largest absolute Gasteiger partial charge is 0.451 e. The van der Waals surface area contributed by atoms with E-state index in [1.54, 1.807) is 30.5 Å². The zero-order valence-electron chi connectivity index (χ0n) is 17.9. The lowest BCUT2D eigenvalue weighted by Gasteiger charge is -2.45. The van der Waals surface area contributed by atoms with Gasteiger partial charge in [-0.15, -0.1) is 0 Å². The van der Waals surface area contributed by atoms with Crippen LogP contribution in [0.15, 0.2) is 45.9 Å². The number of carbonyl (C=O) groups is 1. The van der Waals surface area contributed by atoms with E-state index in [0.29, 0.717) is 16.5 Å². The molecule has 2 heterocycles. The van der Waals surface area contributed by atoms with Crippen molar-refractivity contribution in [3.63, 3.8) is 0 Å². The van der Waals surface area contributed by atoms with Crippen molar-refractivity contribution in [1.82, 2.24) is 5.43 Å². The van der Waals surface area contributed by atoms with Gasteiger partial charge in [-0.05, 0) is 86.2 Å². The predicted octanol–water partition coefficient (Wildman–Crippen LogP) is 5.88. The number of amides is 1. The Hall–Kier alpha value is -2.79. The standard InChI is InChI=1S/C24H26ClN3O2/c1-14-8-20-19(15(2)12-24(3,4)28(20)5)10-17(14)13-26-27-23(29)22-11-16-9-18(25)6-7-21(16)30-22/h6-11,13,15H,12H2,1-5H3,(H,27,29)/b26-13-. The van der Waals surface area contributed by atoms with E-state index in [0.717, 1.165) is 22.9 Å². The van der Waals surface area contributed by atoms with Gasteiger partial charge in [-0.3, -0.25) is 4.79 Å². The fourth-order valence-electron chi connectivity index (χ4n) is 4.22. The van der Waals surface area contributed by atoms with Crippen molar-refractivity contribution < 1.29 is 9.21 Å². The minimum atomic E-state index is -0.399. The summed E-state index contributed by atoms with van der Waals surface area (Å²) in [5.41, 5.74) is 7.97. The van der Waals surface area contributed by atoms with Crippen LogP contribution in [0.1, 0.15) is 60.4 Å². The number of hydrazone groups is 1. The van der Waals surface area contributed by atoms with Crippen molar-refractivity contribution in [2.45, 2.75) is 45.6 Å². The molecule has 5 nitrogen and oxygen atoms in total. The number of furan rings is 1. The van der Waals surface area contributed by atoms with E-state index >= 15 is 0 Å². The minimum absolute atomic E-state index is 0.124. The normalized spacial score (nSPS) is 18.1. The Morgan fingerprint density at radius 3 is 2.83 bits per heavy atom. The van der Waals surface area contributed by atoms with Crippen LogP contribution < -0.4 is 10.3 Å². The SMILES string of the molecule is Cc1cc2c(cc1/C=N\NC(=O)c1cc3cc(Cl)ccc3o1)C(C)CC(C)(C)N2C. The Kier molecular flexibility index (Phi) is 5.10. The fourth-order valence-corrected chi connectivity index (χ4v) is 4.40. The van der Waals surface area contributed by atoms with Crippen LogP contribution in [0.2, 0.25) is 5.02 Å². The highest BCUT2D eigenvalue weighted by atomic mass is 35.5. The number of aryl methyl sites for hydroxylation is 1. The maximum absolute atomic E-state index is 12.4. The molecule has 0 aliphatic carbocycles. The highest BCUT2D eigenvalue weighted by Crippen LogP contribution is 2.43. The summed E-state index contributed by atoms with van der Waals surface area (Å²) < 4.78 is 5.58. The summed E-state index contributed by atoms with van der Waals surface area (Å²) in [5, 5.41) is 5.54. The summed E-state index contributed by atoms with van der Waals surface area (Å²) in [6.45, 7) is 8.88. The first-order valence-corrected chi connectivity index (χ1v) is 10.4. The third-order valence-electron chi connectivity index (χ3n) is 6.09. The number of anilines is 1. The van der Waals surface area contributed by atoms with Crippen molar-refractivity contribution in [2.24, 2.45) is 5.10 Å². The van der Waals surface area contributed by atoms with Gasteiger partial charge in [-0.25, -0.2) is 5.43 Å². The van der Waals surface area contributed by atoms with Crippen molar-refractivity contribution in [1.29, 1.82) is 0 Å². The van der Waals surface area contributed by atoms with Crippen LogP contribution in [0.25, 0.3) is 11.0 Å². The highest BCUT2D eigenvalue weighted by molar-refractivity contribution is 6.31. The van der Waals surface area contributed by atoms with E-state index < -0.39 is 5.91 Å². The Balaban J connectivity index is 1.54. The number of hydrogen-bond donors (Lipinski definition) is 1. The molecule has 156 valence electrons. The number of rotatable bonds is 3. The molecule has 4 rings (SSSR count). The van der Waals surface area contributed by atoms with Gasteiger partial charge in [0.1, 0.15) is 5.58 Å². The third-order valence-corrected chi connectivity index (χ3v) is 6.33. The summed E-state index contributed by atoms with van der Waals surface area (Å²) >= 11 is 5.99. The summed E-state index contributed by atoms with van der Waals surface area (Å²) in [6.07, 6.45) is 2.78. The molecule has 0 fully saturated rings. The van der Waals surface area contributed by atoms with Gasteiger partial charge in [0.15, 0.2) is 5.76 Å². The van der Waals surface area contributed by atoms with E-state index in [1.807, 2.05) is 0 Å². The third kappa shape index (κ3) is 3.70. The topological polar surface area (TPSA) is 57.8 Å². The van der Waals surface area contributed by atoms with Gasteiger partial charge in [0.05, 0.1) is 6.21 Å². The smallest absolute Gasteiger partial charge is 0.307 e. The molecule has 0 saturated heterocycles.